The molecule has 1 aromatic heterocycles. The standard InChI is InChI=1S/C24H28N2O5/c1-15-20-18(30-14-6-13-25-24(2,3)4)7-5-8-19(20)31-21(15)22(27)26-17-11-9-16(10-12-17)23(28)29/h5,7-12,25H,6,13-14H2,1-4H3,(H,26,27)(H,28,29). The van der Waals surface area contributed by atoms with Gasteiger partial charge in [0.2, 0.25) is 0 Å². The first-order valence-corrected chi connectivity index (χ1v) is 10.2. The second-order valence-corrected chi connectivity index (χ2v) is 8.40. The number of amides is 1. The molecular formula is C24H28N2O5. The van der Waals surface area contributed by atoms with E-state index in [4.69, 9.17) is 14.3 Å². The fourth-order valence-corrected chi connectivity index (χ4v) is 3.20. The number of ether oxygens (including phenoxy) is 1. The summed E-state index contributed by atoms with van der Waals surface area (Å²) in [5.41, 5.74) is 1.97. The molecule has 0 aliphatic heterocycles. The molecule has 7 heteroatoms. The summed E-state index contributed by atoms with van der Waals surface area (Å²) in [6.07, 6.45) is 0.851. The minimum atomic E-state index is -1.02. The Bertz CT molecular complexity index is 1080. The maximum Gasteiger partial charge on any atom is 0.335 e. The van der Waals surface area contributed by atoms with Crippen molar-refractivity contribution >= 4 is 28.5 Å². The van der Waals surface area contributed by atoms with Gasteiger partial charge in [0, 0.05) is 16.8 Å². The van der Waals surface area contributed by atoms with Crippen molar-refractivity contribution in [3.8, 4) is 5.75 Å². The third-order valence-corrected chi connectivity index (χ3v) is 4.75. The van der Waals surface area contributed by atoms with Crippen molar-refractivity contribution < 1.29 is 23.8 Å². The molecule has 1 heterocycles. The third kappa shape index (κ3) is 5.64. The highest BCUT2D eigenvalue weighted by Gasteiger charge is 2.20. The number of carboxylic acids is 1. The maximum absolute atomic E-state index is 12.8. The smallest absolute Gasteiger partial charge is 0.335 e. The molecule has 0 saturated heterocycles. The largest absolute Gasteiger partial charge is 0.493 e. The summed E-state index contributed by atoms with van der Waals surface area (Å²) < 4.78 is 11.8. The number of hydrogen-bond donors (Lipinski definition) is 3. The number of fused-ring (bicyclic) bond motifs is 1. The highest BCUT2D eigenvalue weighted by atomic mass is 16.5. The number of anilines is 1. The van der Waals surface area contributed by atoms with Gasteiger partial charge in [-0.25, -0.2) is 4.79 Å². The Hall–Kier alpha value is -3.32. The van der Waals surface area contributed by atoms with Crippen molar-refractivity contribution in [2.45, 2.75) is 39.7 Å². The summed E-state index contributed by atoms with van der Waals surface area (Å²) in [5.74, 6) is -0.549. The van der Waals surface area contributed by atoms with Gasteiger partial charge in [0.05, 0.1) is 17.6 Å². The second-order valence-electron chi connectivity index (χ2n) is 8.40. The van der Waals surface area contributed by atoms with Crippen LogP contribution in [-0.2, 0) is 0 Å². The molecule has 0 aliphatic rings. The minimum Gasteiger partial charge on any atom is -0.493 e. The predicted octanol–water partition coefficient (Wildman–Crippen LogP) is 4.85. The number of carboxylic acid groups (broad SMARTS) is 1. The Labute approximate surface area is 181 Å². The lowest BCUT2D eigenvalue weighted by Crippen LogP contribution is -2.36. The van der Waals surface area contributed by atoms with Crippen LogP contribution in [0.3, 0.4) is 0 Å². The highest BCUT2D eigenvalue weighted by molar-refractivity contribution is 6.07. The van der Waals surface area contributed by atoms with E-state index in [-0.39, 0.29) is 16.9 Å². The van der Waals surface area contributed by atoms with Crippen molar-refractivity contribution in [2.75, 3.05) is 18.5 Å². The number of aromatic carboxylic acids is 1. The van der Waals surface area contributed by atoms with Crippen LogP contribution in [0.4, 0.5) is 5.69 Å². The molecule has 0 atom stereocenters. The van der Waals surface area contributed by atoms with Crippen molar-refractivity contribution in [3.05, 3.63) is 59.4 Å². The highest BCUT2D eigenvalue weighted by Crippen LogP contribution is 2.33. The van der Waals surface area contributed by atoms with Crippen molar-refractivity contribution in [1.82, 2.24) is 5.32 Å². The molecule has 0 bridgehead atoms. The van der Waals surface area contributed by atoms with E-state index in [1.807, 2.05) is 19.1 Å². The summed E-state index contributed by atoms with van der Waals surface area (Å²) in [6, 6.07) is 11.5. The van der Waals surface area contributed by atoms with E-state index in [1.165, 1.54) is 12.1 Å². The van der Waals surface area contributed by atoms with Gasteiger partial charge in [0.15, 0.2) is 5.76 Å². The van der Waals surface area contributed by atoms with Gasteiger partial charge >= 0.3 is 5.97 Å². The molecule has 0 unspecified atom stereocenters. The SMILES string of the molecule is Cc1c(C(=O)Nc2ccc(C(=O)O)cc2)oc2cccc(OCCCNC(C)(C)C)c12. The molecule has 3 aromatic rings. The summed E-state index contributed by atoms with van der Waals surface area (Å²) in [5, 5.41) is 15.9. The summed E-state index contributed by atoms with van der Waals surface area (Å²) >= 11 is 0. The molecule has 0 saturated carbocycles. The summed E-state index contributed by atoms with van der Waals surface area (Å²) in [6.45, 7) is 9.58. The minimum absolute atomic E-state index is 0.0668. The van der Waals surface area contributed by atoms with E-state index in [0.717, 1.165) is 18.4 Å². The van der Waals surface area contributed by atoms with Crippen LogP contribution in [0.25, 0.3) is 11.0 Å². The first-order valence-electron chi connectivity index (χ1n) is 10.2. The quantitative estimate of drug-likeness (QED) is 0.447. The van der Waals surface area contributed by atoms with Gasteiger partial charge in [-0.1, -0.05) is 6.07 Å². The van der Waals surface area contributed by atoms with Crippen LogP contribution in [-0.4, -0.2) is 35.7 Å². The molecule has 0 radical (unpaired) electrons. The fraction of sp³-hybridized carbons (Fsp3) is 0.333. The lowest BCUT2D eigenvalue weighted by molar-refractivity contribution is 0.0696. The second kappa shape index (κ2) is 9.22. The Balaban J connectivity index is 1.72. The molecule has 7 nitrogen and oxygen atoms in total. The van der Waals surface area contributed by atoms with E-state index < -0.39 is 11.9 Å². The van der Waals surface area contributed by atoms with Crippen LogP contribution in [0, 0.1) is 6.92 Å². The Morgan fingerprint density at radius 2 is 1.81 bits per heavy atom. The van der Waals surface area contributed by atoms with Crippen LogP contribution in [0.1, 0.15) is 53.7 Å². The van der Waals surface area contributed by atoms with Crippen molar-refractivity contribution in [3.63, 3.8) is 0 Å². The average molecular weight is 424 g/mol. The molecule has 0 fully saturated rings. The first kappa shape index (κ1) is 22.4. The number of nitrogens with one attached hydrogen (secondary N) is 2. The molecule has 2 aromatic carbocycles. The zero-order chi connectivity index (χ0) is 22.6. The monoisotopic (exact) mass is 424 g/mol. The van der Waals surface area contributed by atoms with Gasteiger partial charge in [-0.05, 0) is 77.1 Å². The molecule has 0 aliphatic carbocycles. The van der Waals surface area contributed by atoms with Crippen molar-refractivity contribution in [1.29, 1.82) is 0 Å². The molecule has 3 N–H and O–H groups in total. The molecule has 31 heavy (non-hydrogen) atoms. The number of aryl methyl sites for hydroxylation is 1. The van der Waals surface area contributed by atoms with E-state index in [9.17, 15) is 9.59 Å². The third-order valence-electron chi connectivity index (χ3n) is 4.75. The lowest BCUT2D eigenvalue weighted by atomic mass is 10.1. The number of rotatable bonds is 8. The Morgan fingerprint density at radius 3 is 2.45 bits per heavy atom. The normalized spacial score (nSPS) is 11.5. The summed E-state index contributed by atoms with van der Waals surface area (Å²) in [7, 11) is 0. The number of carbonyl (C=O) groups excluding carboxylic acids is 1. The molecular weight excluding hydrogens is 396 g/mol. The van der Waals surface area contributed by atoms with Crippen LogP contribution < -0.4 is 15.4 Å². The van der Waals surface area contributed by atoms with Gasteiger partial charge in [-0.3, -0.25) is 4.79 Å². The average Bonchev–Trinajstić information content (AvgIpc) is 3.05. The van der Waals surface area contributed by atoms with Gasteiger partial charge in [-0.2, -0.15) is 0 Å². The van der Waals surface area contributed by atoms with Gasteiger partial charge < -0.3 is 24.9 Å². The maximum atomic E-state index is 12.8. The number of benzene rings is 2. The van der Waals surface area contributed by atoms with Crippen LogP contribution in [0.2, 0.25) is 0 Å². The Kier molecular flexibility index (Phi) is 6.65. The zero-order valence-electron chi connectivity index (χ0n) is 18.2. The molecule has 3 rings (SSSR count). The molecule has 164 valence electrons. The van der Waals surface area contributed by atoms with E-state index in [1.54, 1.807) is 18.2 Å². The van der Waals surface area contributed by atoms with Crippen LogP contribution in [0.5, 0.6) is 5.75 Å². The number of carbonyl (C=O) groups is 2. The number of hydrogen-bond acceptors (Lipinski definition) is 5. The number of furan rings is 1. The van der Waals surface area contributed by atoms with Crippen molar-refractivity contribution in [2.24, 2.45) is 0 Å². The van der Waals surface area contributed by atoms with Crippen LogP contribution >= 0.6 is 0 Å². The van der Waals surface area contributed by atoms with Gasteiger partial charge in [0.25, 0.3) is 5.91 Å². The zero-order valence-corrected chi connectivity index (χ0v) is 18.2. The Morgan fingerprint density at radius 1 is 1.10 bits per heavy atom. The molecule has 1 amide bonds. The summed E-state index contributed by atoms with van der Waals surface area (Å²) in [4.78, 5) is 23.7. The van der Waals surface area contributed by atoms with Gasteiger partial charge in [0.1, 0.15) is 11.3 Å². The fourth-order valence-electron chi connectivity index (χ4n) is 3.20. The van der Waals surface area contributed by atoms with Gasteiger partial charge in [-0.15, -0.1) is 0 Å². The lowest BCUT2D eigenvalue weighted by Gasteiger charge is -2.20. The topological polar surface area (TPSA) is 101 Å². The predicted molar refractivity (Wildman–Crippen MR) is 120 cm³/mol. The van der Waals surface area contributed by atoms with E-state index in [2.05, 4.69) is 31.4 Å². The van der Waals surface area contributed by atoms with E-state index >= 15 is 0 Å². The first-order chi connectivity index (χ1) is 14.7. The van der Waals surface area contributed by atoms with E-state index in [0.29, 0.717) is 29.2 Å². The van der Waals surface area contributed by atoms with Crippen LogP contribution in [0.15, 0.2) is 46.9 Å². The molecule has 0 spiro atoms.